The van der Waals surface area contributed by atoms with Gasteiger partial charge in [-0.05, 0) is 63.0 Å². The quantitative estimate of drug-likeness (QED) is 0.367. The van der Waals surface area contributed by atoms with Crippen molar-refractivity contribution in [3.8, 4) is 0 Å². The number of benzene rings is 1. The molecule has 0 bridgehead atoms. The average molecular weight is 447 g/mol. The van der Waals surface area contributed by atoms with Gasteiger partial charge in [0.25, 0.3) is 11.5 Å². The lowest BCUT2D eigenvalue weighted by Gasteiger charge is -2.09. The molecule has 2 heterocycles. The Balaban J connectivity index is 1.60. The highest BCUT2D eigenvalue weighted by atomic mass is 32.1. The van der Waals surface area contributed by atoms with Crippen molar-refractivity contribution >= 4 is 40.4 Å². The second kappa shape index (κ2) is 10.6. The number of aromatic nitrogens is 3. The minimum Gasteiger partial charge on any atom is -0.385 e. The van der Waals surface area contributed by atoms with Gasteiger partial charge in [-0.1, -0.05) is 0 Å². The number of fused-ring (bicyclic) bond motifs is 1. The van der Waals surface area contributed by atoms with Crippen molar-refractivity contribution in [2.24, 2.45) is 0 Å². The van der Waals surface area contributed by atoms with Crippen LogP contribution in [0.4, 0.5) is 0 Å². The fourth-order valence-electron chi connectivity index (χ4n) is 3.19. The molecule has 0 aliphatic rings. The van der Waals surface area contributed by atoms with Gasteiger partial charge in [-0.25, -0.2) is 4.98 Å². The molecular formula is C21H26N4O3S2. The van der Waals surface area contributed by atoms with Crippen molar-refractivity contribution in [2.75, 3.05) is 20.3 Å². The van der Waals surface area contributed by atoms with Gasteiger partial charge in [0.1, 0.15) is 0 Å². The molecule has 0 aliphatic heterocycles. The zero-order chi connectivity index (χ0) is 21.5. The highest BCUT2D eigenvalue weighted by Crippen LogP contribution is 2.13. The first kappa shape index (κ1) is 22.3. The van der Waals surface area contributed by atoms with E-state index in [2.05, 4.69) is 20.7 Å². The lowest BCUT2D eigenvalue weighted by molar-refractivity contribution is 0.0953. The summed E-state index contributed by atoms with van der Waals surface area (Å²) in [5, 5.41) is 6.64. The molecule has 2 aromatic heterocycles. The maximum absolute atomic E-state index is 12.7. The molecule has 0 fully saturated rings. The number of amides is 1. The number of aryl methyl sites for hydroxylation is 2. The number of rotatable bonds is 10. The van der Waals surface area contributed by atoms with Crippen LogP contribution in [0.3, 0.4) is 0 Å². The summed E-state index contributed by atoms with van der Waals surface area (Å²) in [6.45, 7) is 3.63. The van der Waals surface area contributed by atoms with E-state index in [1.807, 2.05) is 6.92 Å². The van der Waals surface area contributed by atoms with Gasteiger partial charge in [-0.2, -0.15) is 0 Å². The summed E-state index contributed by atoms with van der Waals surface area (Å²) in [5.41, 5.74) is 1.97. The molecule has 0 saturated heterocycles. The number of methoxy groups -OCH3 is 1. The summed E-state index contributed by atoms with van der Waals surface area (Å²) in [6.07, 6.45) is 3.48. The maximum Gasteiger partial charge on any atom is 0.262 e. The number of unbranched alkanes of at least 4 members (excludes halogenated alkanes) is 1. The number of aromatic amines is 1. The minimum atomic E-state index is -0.161. The molecule has 0 saturated carbocycles. The molecule has 0 spiro atoms. The summed E-state index contributed by atoms with van der Waals surface area (Å²) in [6, 6.07) is 5.03. The molecule has 7 nitrogen and oxygen atoms in total. The van der Waals surface area contributed by atoms with Gasteiger partial charge in [0.15, 0.2) is 4.77 Å². The zero-order valence-corrected chi connectivity index (χ0v) is 18.8. The predicted molar refractivity (Wildman–Crippen MR) is 122 cm³/mol. The van der Waals surface area contributed by atoms with Crippen molar-refractivity contribution in [3.63, 3.8) is 0 Å². The van der Waals surface area contributed by atoms with Crippen molar-refractivity contribution in [1.29, 1.82) is 0 Å². The first-order valence-corrected chi connectivity index (χ1v) is 11.2. The van der Waals surface area contributed by atoms with E-state index in [-0.39, 0.29) is 11.5 Å². The van der Waals surface area contributed by atoms with Crippen LogP contribution in [0.15, 0.2) is 28.4 Å². The maximum atomic E-state index is 12.7. The van der Waals surface area contributed by atoms with E-state index in [1.54, 1.807) is 36.6 Å². The Morgan fingerprint density at radius 2 is 2.17 bits per heavy atom. The number of thiazole rings is 1. The molecule has 0 aliphatic carbocycles. The third kappa shape index (κ3) is 5.62. The van der Waals surface area contributed by atoms with Crippen LogP contribution in [0, 0.1) is 11.7 Å². The van der Waals surface area contributed by atoms with Crippen LogP contribution in [0.1, 0.15) is 40.3 Å². The van der Waals surface area contributed by atoms with Crippen LogP contribution >= 0.6 is 23.6 Å². The Morgan fingerprint density at radius 1 is 1.33 bits per heavy atom. The summed E-state index contributed by atoms with van der Waals surface area (Å²) in [5.74, 6) is -0.161. The Bertz CT molecular complexity index is 1130. The molecule has 1 aromatic carbocycles. The van der Waals surface area contributed by atoms with Crippen molar-refractivity contribution in [3.05, 3.63) is 55.0 Å². The van der Waals surface area contributed by atoms with Crippen molar-refractivity contribution < 1.29 is 9.53 Å². The highest BCUT2D eigenvalue weighted by molar-refractivity contribution is 7.71. The number of nitrogens with zero attached hydrogens (tertiary/aromatic N) is 2. The fourth-order valence-corrected chi connectivity index (χ4v) is 4.29. The SMILES string of the molecule is COCCCn1c(=S)[nH]c2cc(C(=O)NCCCCc3nc(C)cs3)ccc2c1=O. The van der Waals surface area contributed by atoms with E-state index in [4.69, 9.17) is 17.0 Å². The Kier molecular flexibility index (Phi) is 7.89. The molecule has 3 rings (SSSR count). The lowest BCUT2D eigenvalue weighted by atomic mass is 10.1. The summed E-state index contributed by atoms with van der Waals surface area (Å²) in [4.78, 5) is 32.7. The third-order valence-corrected chi connectivity index (χ3v) is 6.09. The van der Waals surface area contributed by atoms with Gasteiger partial charge in [0, 0.05) is 43.4 Å². The Hall–Kier alpha value is -2.36. The molecule has 0 radical (unpaired) electrons. The number of hydrogen-bond acceptors (Lipinski definition) is 6. The zero-order valence-electron chi connectivity index (χ0n) is 17.2. The predicted octanol–water partition coefficient (Wildman–Crippen LogP) is 3.61. The average Bonchev–Trinajstić information content (AvgIpc) is 3.14. The van der Waals surface area contributed by atoms with Crippen LogP contribution in [0.2, 0.25) is 0 Å². The van der Waals surface area contributed by atoms with Crippen LogP contribution in [-0.4, -0.2) is 40.7 Å². The largest absolute Gasteiger partial charge is 0.385 e. The highest BCUT2D eigenvalue weighted by Gasteiger charge is 2.10. The number of carbonyl (C=O) groups is 1. The topological polar surface area (TPSA) is 89.0 Å². The first-order valence-electron chi connectivity index (χ1n) is 9.94. The van der Waals surface area contributed by atoms with Gasteiger partial charge >= 0.3 is 0 Å². The number of H-pyrrole nitrogens is 1. The molecule has 30 heavy (non-hydrogen) atoms. The summed E-state index contributed by atoms with van der Waals surface area (Å²) < 4.78 is 6.91. The molecule has 1 amide bonds. The Morgan fingerprint density at radius 3 is 2.90 bits per heavy atom. The van der Waals surface area contributed by atoms with Gasteiger partial charge in [-0.15, -0.1) is 11.3 Å². The number of nitrogens with one attached hydrogen (secondary N) is 2. The standard InChI is InChI=1S/C21H26N4O3S2/c1-14-13-30-18(23-14)6-3-4-9-22-19(26)15-7-8-16-17(12-15)24-21(29)25(20(16)27)10-5-11-28-2/h7-8,12-13H,3-6,9-11H2,1-2H3,(H,22,26)(H,24,29). The minimum absolute atomic E-state index is 0.158. The molecular weight excluding hydrogens is 420 g/mol. The number of hydrogen-bond donors (Lipinski definition) is 2. The van der Waals surface area contributed by atoms with Crippen LogP contribution in [-0.2, 0) is 17.7 Å². The van der Waals surface area contributed by atoms with Gasteiger partial charge in [0.05, 0.1) is 15.9 Å². The normalized spacial score (nSPS) is 11.1. The van der Waals surface area contributed by atoms with Crippen LogP contribution < -0.4 is 10.9 Å². The van der Waals surface area contributed by atoms with E-state index in [1.165, 1.54) is 4.57 Å². The first-order chi connectivity index (χ1) is 14.5. The second-order valence-corrected chi connectivity index (χ2v) is 8.42. The number of carbonyl (C=O) groups excluding carboxylic acids is 1. The van der Waals surface area contributed by atoms with Crippen LogP contribution in [0.25, 0.3) is 10.9 Å². The molecule has 160 valence electrons. The summed E-state index contributed by atoms with van der Waals surface area (Å²) in [7, 11) is 1.62. The van der Waals surface area contributed by atoms with E-state index in [0.717, 1.165) is 30.0 Å². The van der Waals surface area contributed by atoms with E-state index >= 15 is 0 Å². The molecule has 3 aromatic rings. The van der Waals surface area contributed by atoms with Gasteiger partial charge in [0.2, 0.25) is 0 Å². The second-order valence-electron chi connectivity index (χ2n) is 7.09. The molecule has 0 unspecified atom stereocenters. The van der Waals surface area contributed by atoms with Gasteiger partial charge in [-0.3, -0.25) is 14.2 Å². The van der Waals surface area contributed by atoms with Crippen LogP contribution in [0.5, 0.6) is 0 Å². The monoisotopic (exact) mass is 446 g/mol. The van der Waals surface area contributed by atoms with E-state index in [9.17, 15) is 9.59 Å². The number of ether oxygens (including phenoxy) is 1. The molecule has 9 heteroatoms. The van der Waals surface area contributed by atoms with Crippen molar-refractivity contribution in [2.45, 2.75) is 39.2 Å². The van der Waals surface area contributed by atoms with E-state index in [0.29, 0.717) is 47.4 Å². The third-order valence-electron chi connectivity index (χ3n) is 4.74. The lowest BCUT2D eigenvalue weighted by Crippen LogP contribution is -2.25. The van der Waals surface area contributed by atoms with Crippen molar-refractivity contribution in [1.82, 2.24) is 19.9 Å². The van der Waals surface area contributed by atoms with Gasteiger partial charge < -0.3 is 15.0 Å². The smallest absolute Gasteiger partial charge is 0.262 e. The fraction of sp³-hybridized carbons (Fsp3) is 0.429. The molecule has 0 atom stereocenters. The summed E-state index contributed by atoms with van der Waals surface area (Å²) >= 11 is 7.00. The Labute approximate surface area is 184 Å². The van der Waals surface area contributed by atoms with E-state index < -0.39 is 0 Å². The molecule has 2 N–H and O–H groups in total.